The zero-order valence-electron chi connectivity index (χ0n) is 16.5. The van der Waals surface area contributed by atoms with Crippen molar-refractivity contribution in [3.8, 4) is 11.9 Å². The first-order valence-corrected chi connectivity index (χ1v) is 9.37. The topological polar surface area (TPSA) is 96.2 Å². The van der Waals surface area contributed by atoms with Crippen molar-refractivity contribution in [3.63, 3.8) is 0 Å². The Morgan fingerprint density at radius 2 is 1.73 bits per heavy atom. The van der Waals surface area contributed by atoms with Crippen LogP contribution in [-0.4, -0.2) is 15.5 Å². The van der Waals surface area contributed by atoms with Crippen LogP contribution in [0.1, 0.15) is 38.4 Å². The molecule has 0 aliphatic carbocycles. The number of ketones is 1. The number of benzene rings is 2. The minimum Gasteiger partial charge on any atom is -0.494 e. The average molecular weight is 398 g/mol. The summed E-state index contributed by atoms with van der Waals surface area (Å²) < 4.78 is 6.80. The predicted molar refractivity (Wildman–Crippen MR) is 112 cm³/mol. The van der Waals surface area contributed by atoms with E-state index in [1.165, 1.54) is 6.92 Å². The molecular weight excluding hydrogens is 380 g/mol. The second-order valence-electron chi connectivity index (χ2n) is 7.07. The molecule has 0 aliphatic rings. The molecule has 1 N–H and O–H groups in total. The molecule has 0 radical (unpaired) electrons. The maximum absolute atomic E-state index is 13.4. The molecule has 0 atom stereocenters. The molecule has 2 aromatic carbocycles. The number of carbonyl (C=O) groups is 1. The van der Waals surface area contributed by atoms with E-state index in [1.807, 2.05) is 24.3 Å². The standard InChI is InChI=1S/C24H18N2O4/c1-14-18(12-25)23(28)26(13-16-8-4-3-5-9-16)24(29)20(14)21(27)22-15(2)17-10-6-7-11-19(17)30-22/h3-11,29H,13H2,1-2H3. The first-order valence-electron chi connectivity index (χ1n) is 9.37. The maximum Gasteiger partial charge on any atom is 0.271 e. The monoisotopic (exact) mass is 398 g/mol. The molecule has 0 saturated carbocycles. The lowest BCUT2D eigenvalue weighted by atomic mass is 9.98. The van der Waals surface area contributed by atoms with Crippen LogP contribution in [0.15, 0.2) is 63.8 Å². The Morgan fingerprint density at radius 3 is 2.40 bits per heavy atom. The summed E-state index contributed by atoms with van der Waals surface area (Å²) in [6, 6.07) is 18.2. The highest BCUT2D eigenvalue weighted by Crippen LogP contribution is 2.31. The van der Waals surface area contributed by atoms with Crippen LogP contribution in [0, 0.1) is 25.2 Å². The van der Waals surface area contributed by atoms with Crippen molar-refractivity contribution in [3.05, 3.63) is 98.5 Å². The van der Waals surface area contributed by atoms with E-state index in [0.717, 1.165) is 15.5 Å². The summed E-state index contributed by atoms with van der Waals surface area (Å²) in [5.74, 6) is -0.981. The van der Waals surface area contributed by atoms with Gasteiger partial charge in [-0.15, -0.1) is 0 Å². The van der Waals surface area contributed by atoms with E-state index in [-0.39, 0.29) is 29.0 Å². The van der Waals surface area contributed by atoms with Crippen molar-refractivity contribution in [2.45, 2.75) is 20.4 Å². The van der Waals surface area contributed by atoms with E-state index in [4.69, 9.17) is 4.42 Å². The Labute approximate surface area is 172 Å². The van der Waals surface area contributed by atoms with Crippen molar-refractivity contribution in [1.82, 2.24) is 4.57 Å². The number of nitriles is 1. The number of hydrogen-bond acceptors (Lipinski definition) is 5. The number of furan rings is 1. The van der Waals surface area contributed by atoms with E-state index in [1.54, 1.807) is 43.3 Å². The molecular formula is C24H18N2O4. The van der Waals surface area contributed by atoms with E-state index in [2.05, 4.69) is 0 Å². The third-order valence-electron chi connectivity index (χ3n) is 5.26. The molecule has 2 aromatic heterocycles. The SMILES string of the molecule is Cc1c(C(=O)c2oc3ccccc3c2C)c(O)n(Cc2ccccc2)c(=O)c1C#N. The molecule has 4 aromatic rings. The molecule has 0 bridgehead atoms. The highest BCUT2D eigenvalue weighted by atomic mass is 16.3. The number of carbonyl (C=O) groups excluding carboxylic acids is 1. The van der Waals surface area contributed by atoms with Gasteiger partial charge in [0.05, 0.1) is 12.1 Å². The van der Waals surface area contributed by atoms with Crippen LogP contribution < -0.4 is 5.56 Å². The smallest absolute Gasteiger partial charge is 0.271 e. The van der Waals surface area contributed by atoms with Gasteiger partial charge < -0.3 is 9.52 Å². The molecule has 0 spiro atoms. The Kier molecular flexibility index (Phi) is 4.72. The largest absolute Gasteiger partial charge is 0.494 e. The van der Waals surface area contributed by atoms with Crippen LogP contribution in [0.2, 0.25) is 0 Å². The summed E-state index contributed by atoms with van der Waals surface area (Å²) in [5, 5.41) is 21.3. The lowest BCUT2D eigenvalue weighted by molar-refractivity contribution is 0.101. The van der Waals surface area contributed by atoms with Crippen LogP contribution >= 0.6 is 0 Å². The molecule has 0 unspecified atom stereocenters. The lowest BCUT2D eigenvalue weighted by Crippen LogP contribution is -2.27. The summed E-state index contributed by atoms with van der Waals surface area (Å²) in [5.41, 5.74) is 1.14. The number of nitrogens with zero attached hydrogens (tertiary/aromatic N) is 2. The molecule has 6 nitrogen and oxygen atoms in total. The minimum absolute atomic E-state index is 0.0276. The fourth-order valence-corrected chi connectivity index (χ4v) is 3.64. The second-order valence-corrected chi connectivity index (χ2v) is 7.07. The quantitative estimate of drug-likeness (QED) is 0.523. The Bertz CT molecular complexity index is 1390. The van der Waals surface area contributed by atoms with Crippen LogP contribution in [0.4, 0.5) is 0 Å². The number of fused-ring (bicyclic) bond motifs is 1. The van der Waals surface area contributed by atoms with Crippen molar-refractivity contribution >= 4 is 16.8 Å². The van der Waals surface area contributed by atoms with E-state index in [9.17, 15) is 20.0 Å². The van der Waals surface area contributed by atoms with Crippen LogP contribution in [0.25, 0.3) is 11.0 Å². The van der Waals surface area contributed by atoms with Crippen molar-refractivity contribution in [1.29, 1.82) is 5.26 Å². The van der Waals surface area contributed by atoms with Crippen molar-refractivity contribution < 1.29 is 14.3 Å². The summed E-state index contributed by atoms with van der Waals surface area (Å²) >= 11 is 0. The maximum atomic E-state index is 13.4. The number of para-hydroxylation sites is 1. The van der Waals surface area contributed by atoms with Gasteiger partial charge in [0.1, 0.15) is 17.2 Å². The van der Waals surface area contributed by atoms with E-state index < -0.39 is 17.2 Å². The van der Waals surface area contributed by atoms with E-state index >= 15 is 0 Å². The third kappa shape index (κ3) is 2.97. The van der Waals surface area contributed by atoms with Gasteiger partial charge >= 0.3 is 0 Å². The van der Waals surface area contributed by atoms with Crippen molar-refractivity contribution in [2.75, 3.05) is 0 Å². The highest BCUT2D eigenvalue weighted by Gasteiger charge is 2.28. The molecule has 0 aliphatic heterocycles. The van der Waals surface area contributed by atoms with Crippen LogP contribution in [0.3, 0.4) is 0 Å². The van der Waals surface area contributed by atoms with Gasteiger partial charge in [-0.1, -0.05) is 48.5 Å². The van der Waals surface area contributed by atoms with Crippen molar-refractivity contribution in [2.24, 2.45) is 0 Å². The predicted octanol–water partition coefficient (Wildman–Crippen LogP) is 4.07. The normalized spacial score (nSPS) is 10.8. The third-order valence-corrected chi connectivity index (χ3v) is 5.26. The number of aryl methyl sites for hydroxylation is 1. The molecule has 0 fully saturated rings. The van der Waals surface area contributed by atoms with E-state index in [0.29, 0.717) is 11.1 Å². The second kappa shape index (κ2) is 7.37. The zero-order chi connectivity index (χ0) is 21.4. The Hall–Kier alpha value is -4.11. The van der Waals surface area contributed by atoms with Crippen LogP contribution in [-0.2, 0) is 6.54 Å². The number of pyridine rings is 1. The summed E-state index contributed by atoms with van der Waals surface area (Å²) in [7, 11) is 0. The van der Waals surface area contributed by atoms with Gasteiger partial charge in [-0.2, -0.15) is 5.26 Å². The molecule has 4 rings (SSSR count). The molecule has 148 valence electrons. The first-order chi connectivity index (χ1) is 14.4. The number of aromatic hydroxyl groups is 1. The van der Waals surface area contributed by atoms with Crippen LogP contribution in [0.5, 0.6) is 5.88 Å². The van der Waals surface area contributed by atoms with Gasteiger partial charge in [0, 0.05) is 10.9 Å². The van der Waals surface area contributed by atoms with Gasteiger partial charge in [-0.3, -0.25) is 14.2 Å². The summed E-state index contributed by atoms with van der Waals surface area (Å²) in [4.78, 5) is 26.2. The fourth-order valence-electron chi connectivity index (χ4n) is 3.64. The molecule has 6 heteroatoms. The number of aromatic nitrogens is 1. The minimum atomic E-state index is -0.644. The van der Waals surface area contributed by atoms with Gasteiger partial charge in [-0.25, -0.2) is 0 Å². The zero-order valence-corrected chi connectivity index (χ0v) is 16.5. The molecule has 0 amide bonds. The number of rotatable bonds is 4. The van der Waals surface area contributed by atoms with Gasteiger partial charge in [0.15, 0.2) is 5.76 Å². The Morgan fingerprint density at radius 1 is 1.07 bits per heavy atom. The summed E-state index contributed by atoms with van der Waals surface area (Å²) in [6.07, 6.45) is 0. The first kappa shape index (κ1) is 19.2. The van der Waals surface area contributed by atoms with Gasteiger partial charge in [-0.05, 0) is 31.0 Å². The van der Waals surface area contributed by atoms with Gasteiger partial charge in [0.25, 0.3) is 5.56 Å². The molecule has 2 heterocycles. The fraction of sp³-hybridized carbons (Fsp3) is 0.125. The Balaban J connectivity index is 1.94. The average Bonchev–Trinajstić information content (AvgIpc) is 3.09. The highest BCUT2D eigenvalue weighted by molar-refractivity contribution is 6.12. The molecule has 30 heavy (non-hydrogen) atoms. The number of hydrogen-bond donors (Lipinski definition) is 1. The summed E-state index contributed by atoms with van der Waals surface area (Å²) in [6.45, 7) is 3.27. The molecule has 0 saturated heterocycles. The van der Waals surface area contributed by atoms with Gasteiger partial charge in [0.2, 0.25) is 11.7 Å². The lowest BCUT2D eigenvalue weighted by Gasteiger charge is -2.15.